The van der Waals surface area contributed by atoms with Gasteiger partial charge in [0.25, 0.3) is 5.91 Å². The predicted octanol–water partition coefficient (Wildman–Crippen LogP) is 6.25. The molecule has 12 heteroatoms. The highest BCUT2D eigenvalue weighted by molar-refractivity contribution is 5.99. The van der Waals surface area contributed by atoms with Crippen molar-refractivity contribution in [2.24, 2.45) is 7.05 Å². The number of amides is 1. The molecule has 0 spiro atoms. The van der Waals surface area contributed by atoms with Gasteiger partial charge in [-0.25, -0.2) is 4.39 Å². The Morgan fingerprint density at radius 2 is 1.94 bits per heavy atom. The van der Waals surface area contributed by atoms with E-state index in [1.165, 1.54) is 18.9 Å². The molecule has 3 heterocycles. The number of pyridine rings is 1. The molecule has 1 unspecified atom stereocenters. The quantitative estimate of drug-likeness (QED) is 0.121. The van der Waals surface area contributed by atoms with E-state index in [0.29, 0.717) is 57.9 Å². The van der Waals surface area contributed by atoms with Gasteiger partial charge in [0, 0.05) is 61.3 Å². The van der Waals surface area contributed by atoms with Gasteiger partial charge in [-0.05, 0) is 49.9 Å². The fourth-order valence-corrected chi connectivity index (χ4v) is 6.16. The zero-order chi connectivity index (χ0) is 32.6. The number of benzene rings is 2. The van der Waals surface area contributed by atoms with Crippen molar-refractivity contribution >= 4 is 28.3 Å². The zero-order valence-corrected chi connectivity index (χ0v) is 27.0. The number of nitrogens with zero attached hydrogens (tertiary/aromatic N) is 3. The summed E-state index contributed by atoms with van der Waals surface area (Å²) in [5, 5.41) is 14.8. The van der Waals surface area contributed by atoms with Gasteiger partial charge < -0.3 is 34.9 Å². The summed E-state index contributed by atoms with van der Waals surface area (Å²) in [6.45, 7) is 2.87. The average molecular weight is 647 g/mol. The lowest BCUT2D eigenvalue weighted by Crippen LogP contribution is -2.41. The molecule has 3 N–H and O–H groups in total. The smallest absolute Gasteiger partial charge is 0.256 e. The van der Waals surface area contributed by atoms with E-state index in [4.69, 9.17) is 18.9 Å². The predicted molar refractivity (Wildman–Crippen MR) is 178 cm³/mol. The van der Waals surface area contributed by atoms with Crippen molar-refractivity contribution in [3.8, 4) is 23.0 Å². The first-order valence-corrected chi connectivity index (χ1v) is 16.5. The number of aromatic nitrogens is 3. The second-order valence-corrected chi connectivity index (χ2v) is 12.1. The highest BCUT2D eigenvalue weighted by Crippen LogP contribution is 2.38. The summed E-state index contributed by atoms with van der Waals surface area (Å²) in [6.07, 6.45) is 11.7. The van der Waals surface area contributed by atoms with E-state index >= 15 is 4.39 Å². The molecular weight excluding hydrogens is 603 g/mol. The van der Waals surface area contributed by atoms with E-state index < -0.39 is 5.82 Å². The maximum absolute atomic E-state index is 15.4. The first kappa shape index (κ1) is 32.5. The second kappa shape index (κ2) is 15.4. The van der Waals surface area contributed by atoms with Gasteiger partial charge in [0.1, 0.15) is 11.3 Å². The molecule has 6 rings (SSSR count). The number of carbonyl (C=O) groups excluding carboxylic acids is 1. The average Bonchev–Trinajstić information content (AvgIpc) is 3.26. The summed E-state index contributed by atoms with van der Waals surface area (Å²) in [6, 6.07) is 10.3. The van der Waals surface area contributed by atoms with Gasteiger partial charge in [0.2, 0.25) is 0 Å². The van der Waals surface area contributed by atoms with E-state index in [9.17, 15) is 4.79 Å². The molecule has 2 aromatic heterocycles. The number of aryl methyl sites for hydroxylation is 1. The molecule has 250 valence electrons. The van der Waals surface area contributed by atoms with Crippen molar-refractivity contribution in [2.45, 2.75) is 63.5 Å². The van der Waals surface area contributed by atoms with E-state index in [1.54, 1.807) is 55.5 Å². The Hall–Kier alpha value is -4.42. The largest absolute Gasteiger partial charge is 0.493 e. The molecule has 2 fully saturated rings. The molecule has 2 aromatic carbocycles. The van der Waals surface area contributed by atoms with E-state index in [2.05, 4.69) is 26.0 Å². The first-order chi connectivity index (χ1) is 23.0. The van der Waals surface area contributed by atoms with Gasteiger partial charge in [-0.15, -0.1) is 0 Å². The summed E-state index contributed by atoms with van der Waals surface area (Å²) < 4.78 is 40.3. The van der Waals surface area contributed by atoms with Crippen LogP contribution in [0.15, 0.2) is 48.8 Å². The summed E-state index contributed by atoms with van der Waals surface area (Å²) in [7, 11) is 3.33. The Labute approximate surface area is 274 Å². The topological polar surface area (TPSA) is 121 Å². The third kappa shape index (κ3) is 8.30. The lowest BCUT2D eigenvalue weighted by molar-refractivity contribution is 0.0721. The van der Waals surface area contributed by atoms with Crippen molar-refractivity contribution < 1.29 is 28.1 Å². The lowest BCUT2D eigenvalue weighted by atomic mass is 10.1. The third-order valence-electron chi connectivity index (χ3n) is 8.62. The number of nitrogens with one attached hydrogen (secondary N) is 3. The number of carbonyl (C=O) groups is 1. The van der Waals surface area contributed by atoms with Crippen molar-refractivity contribution in [1.29, 1.82) is 0 Å². The van der Waals surface area contributed by atoms with Gasteiger partial charge in [0.05, 0.1) is 32.4 Å². The molecular formula is C35H43FN6O5. The second-order valence-electron chi connectivity index (χ2n) is 12.1. The lowest BCUT2D eigenvalue weighted by Gasteiger charge is -2.23. The van der Waals surface area contributed by atoms with Gasteiger partial charge in [-0.2, -0.15) is 5.10 Å². The van der Waals surface area contributed by atoms with Crippen LogP contribution >= 0.6 is 0 Å². The zero-order valence-electron chi connectivity index (χ0n) is 27.0. The minimum Gasteiger partial charge on any atom is -0.493 e. The van der Waals surface area contributed by atoms with Crippen molar-refractivity contribution in [1.82, 2.24) is 25.4 Å². The first-order valence-electron chi connectivity index (χ1n) is 16.5. The molecule has 1 amide bonds. The van der Waals surface area contributed by atoms with Crippen molar-refractivity contribution in [3.05, 3.63) is 60.2 Å². The Bertz CT molecular complexity index is 1670. The number of halogens is 1. The van der Waals surface area contributed by atoms with Gasteiger partial charge in [-0.1, -0.05) is 25.7 Å². The van der Waals surface area contributed by atoms with Crippen LogP contribution in [0.4, 0.5) is 15.9 Å². The summed E-state index contributed by atoms with van der Waals surface area (Å²) in [5.74, 6) is 1.16. The normalized spacial score (nSPS) is 17.2. The summed E-state index contributed by atoms with van der Waals surface area (Å²) >= 11 is 0. The van der Waals surface area contributed by atoms with Crippen LogP contribution in [0, 0.1) is 5.82 Å². The van der Waals surface area contributed by atoms with E-state index in [-0.39, 0.29) is 17.7 Å². The molecule has 47 heavy (non-hydrogen) atoms. The molecule has 4 aromatic rings. The summed E-state index contributed by atoms with van der Waals surface area (Å²) in [5.41, 5.74) is 1.48. The Balaban J connectivity index is 1.12. The van der Waals surface area contributed by atoms with Crippen molar-refractivity contribution in [3.63, 3.8) is 0 Å². The Kier molecular flexibility index (Phi) is 10.7. The van der Waals surface area contributed by atoms with Gasteiger partial charge in [-0.3, -0.25) is 14.5 Å². The monoisotopic (exact) mass is 646 g/mol. The third-order valence-corrected chi connectivity index (χ3v) is 8.62. The molecule has 1 aliphatic heterocycles. The molecule has 1 atom stereocenters. The minimum absolute atomic E-state index is 0.0370. The van der Waals surface area contributed by atoms with Crippen LogP contribution in [-0.2, 0) is 11.8 Å². The Morgan fingerprint density at radius 1 is 1.09 bits per heavy atom. The maximum atomic E-state index is 15.4. The van der Waals surface area contributed by atoms with E-state index in [1.807, 2.05) is 6.07 Å². The highest BCUT2D eigenvalue weighted by atomic mass is 19.1. The van der Waals surface area contributed by atoms with Crippen LogP contribution in [0.25, 0.3) is 10.9 Å². The number of methoxy groups -OCH3 is 1. The number of ether oxygens (including phenoxy) is 4. The fraction of sp³-hybridized carbons (Fsp3) is 0.457. The molecule has 0 radical (unpaired) electrons. The van der Waals surface area contributed by atoms with Gasteiger partial charge in [0.15, 0.2) is 28.9 Å². The SMILES string of the molecule is COc1cc2c(Oc3ccc(Nc4nn(C)cc4C(=O)NC4CCCCCC4)cc3F)ccnc2cc1OCCCC1COCCN1. The Morgan fingerprint density at radius 3 is 2.70 bits per heavy atom. The molecule has 11 nitrogen and oxygen atoms in total. The molecule has 0 bridgehead atoms. The van der Waals surface area contributed by atoms with Crippen LogP contribution in [0.5, 0.6) is 23.0 Å². The number of fused-ring (bicyclic) bond motifs is 1. The van der Waals surface area contributed by atoms with Gasteiger partial charge >= 0.3 is 0 Å². The van der Waals surface area contributed by atoms with Crippen LogP contribution in [0.1, 0.15) is 61.7 Å². The van der Waals surface area contributed by atoms with Crippen molar-refractivity contribution in [2.75, 3.05) is 38.8 Å². The molecule has 1 saturated heterocycles. The highest BCUT2D eigenvalue weighted by Gasteiger charge is 2.21. The number of hydrogen-bond donors (Lipinski definition) is 3. The number of anilines is 2. The standard InChI is InChI=1S/C35H43FN6O5/c1-42-21-27(35(43)40-23-8-5-3-4-6-9-23)34(41-42)39-24-11-12-31(28(36)18-24)47-30-13-14-38-29-20-33(32(44-2)19-26(29)30)46-16-7-10-25-22-45-17-15-37-25/h11-14,18-21,23,25,37H,3-10,15-17,22H2,1-2H3,(H,39,41)(H,40,43). The molecule has 2 aliphatic rings. The number of hydrogen-bond acceptors (Lipinski definition) is 9. The molecule has 1 saturated carbocycles. The van der Waals surface area contributed by atoms with Crippen LogP contribution in [0.2, 0.25) is 0 Å². The molecule has 1 aliphatic carbocycles. The van der Waals surface area contributed by atoms with Crippen LogP contribution < -0.4 is 30.2 Å². The minimum atomic E-state index is -0.579. The van der Waals surface area contributed by atoms with Crippen LogP contribution in [-0.4, -0.2) is 66.2 Å². The number of morpholine rings is 1. The number of rotatable bonds is 12. The summed E-state index contributed by atoms with van der Waals surface area (Å²) in [4.78, 5) is 17.6. The fourth-order valence-electron chi connectivity index (χ4n) is 6.16. The maximum Gasteiger partial charge on any atom is 0.256 e. The van der Waals surface area contributed by atoms with E-state index in [0.717, 1.165) is 58.3 Å². The van der Waals surface area contributed by atoms with Crippen LogP contribution in [0.3, 0.4) is 0 Å².